The molecule has 6 nitrogen and oxygen atoms in total. The van der Waals surface area contributed by atoms with Crippen LogP contribution in [-0.4, -0.2) is 73.9 Å². The molecule has 0 saturated carbocycles. The minimum absolute atomic E-state index is 0.428. The number of hydrogen-bond donors (Lipinski definition) is 2. The zero-order valence-electron chi connectivity index (χ0n) is 13.3. The molecule has 1 aromatic rings. The standard InChI is InChI=1S/C16H25N3O3/c1-18(2)14-11-19(12-14)9-10-22-15-5-3-13(4-6-15)7-8-17-16(20)21/h3-6,14,17H,7-12H2,1-2H3,(H,20,21). The van der Waals surface area contributed by atoms with E-state index in [2.05, 4.69) is 29.2 Å². The van der Waals surface area contributed by atoms with Crippen molar-refractivity contribution in [1.29, 1.82) is 0 Å². The van der Waals surface area contributed by atoms with Gasteiger partial charge in [-0.25, -0.2) is 4.79 Å². The maximum absolute atomic E-state index is 10.4. The van der Waals surface area contributed by atoms with Crippen molar-refractivity contribution in [2.24, 2.45) is 0 Å². The smallest absolute Gasteiger partial charge is 0.404 e. The predicted molar refractivity (Wildman–Crippen MR) is 85.6 cm³/mol. The summed E-state index contributed by atoms with van der Waals surface area (Å²) < 4.78 is 5.74. The van der Waals surface area contributed by atoms with Gasteiger partial charge in [-0.1, -0.05) is 12.1 Å². The fourth-order valence-electron chi connectivity index (χ4n) is 2.41. The second kappa shape index (κ2) is 8.00. The molecule has 0 atom stereocenters. The number of amides is 1. The summed E-state index contributed by atoms with van der Waals surface area (Å²) in [5, 5.41) is 10.9. The van der Waals surface area contributed by atoms with E-state index in [-0.39, 0.29) is 0 Å². The van der Waals surface area contributed by atoms with Gasteiger partial charge in [-0.2, -0.15) is 0 Å². The minimum atomic E-state index is -0.984. The van der Waals surface area contributed by atoms with Crippen molar-refractivity contribution in [2.75, 3.05) is 46.9 Å². The van der Waals surface area contributed by atoms with Gasteiger partial charge in [0.25, 0.3) is 0 Å². The second-order valence-corrected chi connectivity index (χ2v) is 5.85. The fourth-order valence-corrected chi connectivity index (χ4v) is 2.41. The van der Waals surface area contributed by atoms with Crippen LogP contribution < -0.4 is 10.1 Å². The average Bonchev–Trinajstić information content (AvgIpc) is 2.42. The number of nitrogens with one attached hydrogen (secondary N) is 1. The zero-order valence-corrected chi connectivity index (χ0v) is 13.3. The topological polar surface area (TPSA) is 65.0 Å². The number of carbonyl (C=O) groups is 1. The molecule has 2 N–H and O–H groups in total. The van der Waals surface area contributed by atoms with Crippen molar-refractivity contribution < 1.29 is 14.6 Å². The van der Waals surface area contributed by atoms with E-state index in [4.69, 9.17) is 9.84 Å². The minimum Gasteiger partial charge on any atom is -0.492 e. The summed E-state index contributed by atoms with van der Waals surface area (Å²) >= 11 is 0. The number of ether oxygens (including phenoxy) is 1. The highest BCUT2D eigenvalue weighted by Gasteiger charge is 2.27. The molecule has 1 fully saturated rings. The third-order valence-corrected chi connectivity index (χ3v) is 3.96. The van der Waals surface area contributed by atoms with Gasteiger partial charge in [-0.05, 0) is 38.2 Å². The van der Waals surface area contributed by atoms with Gasteiger partial charge in [0.05, 0.1) is 0 Å². The molecule has 0 spiro atoms. The number of likely N-dealkylation sites (N-methyl/N-ethyl adjacent to an activating group) is 1. The Bertz CT molecular complexity index is 470. The molecule has 0 aliphatic carbocycles. The van der Waals surface area contributed by atoms with Crippen molar-refractivity contribution >= 4 is 6.09 Å². The lowest BCUT2D eigenvalue weighted by Gasteiger charge is -2.42. The molecule has 0 aromatic heterocycles. The van der Waals surface area contributed by atoms with Crippen LogP contribution in [0, 0.1) is 0 Å². The van der Waals surface area contributed by atoms with Gasteiger partial charge in [0, 0.05) is 32.2 Å². The molecule has 0 unspecified atom stereocenters. The molecule has 1 amide bonds. The van der Waals surface area contributed by atoms with Crippen LogP contribution in [0.25, 0.3) is 0 Å². The first-order chi connectivity index (χ1) is 10.5. The molecule has 122 valence electrons. The summed E-state index contributed by atoms with van der Waals surface area (Å²) in [6.07, 6.45) is -0.297. The molecule has 22 heavy (non-hydrogen) atoms. The van der Waals surface area contributed by atoms with Gasteiger partial charge < -0.3 is 20.1 Å². The van der Waals surface area contributed by atoms with Gasteiger partial charge >= 0.3 is 6.09 Å². The first-order valence-electron chi connectivity index (χ1n) is 7.62. The Kier molecular flexibility index (Phi) is 6.03. The number of likely N-dealkylation sites (tertiary alicyclic amines) is 1. The molecule has 0 bridgehead atoms. The van der Waals surface area contributed by atoms with E-state index in [1.165, 1.54) is 0 Å². The van der Waals surface area contributed by atoms with Crippen molar-refractivity contribution in [2.45, 2.75) is 12.5 Å². The zero-order chi connectivity index (χ0) is 15.9. The van der Waals surface area contributed by atoms with Crippen LogP contribution in [0.15, 0.2) is 24.3 Å². The van der Waals surface area contributed by atoms with E-state index in [0.717, 1.165) is 30.9 Å². The highest BCUT2D eigenvalue weighted by atomic mass is 16.5. The van der Waals surface area contributed by atoms with Crippen LogP contribution in [-0.2, 0) is 6.42 Å². The highest BCUT2D eigenvalue weighted by Crippen LogP contribution is 2.14. The molecular formula is C16H25N3O3. The summed E-state index contributed by atoms with van der Waals surface area (Å²) in [5.74, 6) is 0.861. The Morgan fingerprint density at radius 3 is 2.64 bits per heavy atom. The average molecular weight is 307 g/mol. The molecule has 6 heteroatoms. The fraction of sp³-hybridized carbons (Fsp3) is 0.562. The Morgan fingerprint density at radius 2 is 2.05 bits per heavy atom. The van der Waals surface area contributed by atoms with E-state index in [9.17, 15) is 4.79 Å². The van der Waals surface area contributed by atoms with Crippen LogP contribution >= 0.6 is 0 Å². The van der Waals surface area contributed by atoms with E-state index < -0.39 is 6.09 Å². The first-order valence-corrected chi connectivity index (χ1v) is 7.62. The monoisotopic (exact) mass is 307 g/mol. The van der Waals surface area contributed by atoms with Crippen molar-refractivity contribution in [3.63, 3.8) is 0 Å². The van der Waals surface area contributed by atoms with Crippen molar-refractivity contribution in [1.82, 2.24) is 15.1 Å². The first kappa shape index (κ1) is 16.6. The lowest BCUT2D eigenvalue weighted by atomic mass is 10.1. The Hall–Kier alpha value is -1.79. The Labute approximate surface area is 131 Å². The van der Waals surface area contributed by atoms with Crippen LogP contribution in [0.1, 0.15) is 5.56 Å². The number of rotatable bonds is 8. The summed E-state index contributed by atoms with van der Waals surface area (Å²) in [5.41, 5.74) is 1.10. The molecule has 0 radical (unpaired) electrons. The second-order valence-electron chi connectivity index (χ2n) is 5.85. The van der Waals surface area contributed by atoms with Gasteiger partial charge in [0.15, 0.2) is 0 Å². The van der Waals surface area contributed by atoms with Crippen molar-refractivity contribution in [3.05, 3.63) is 29.8 Å². The molecule has 2 rings (SSSR count). The van der Waals surface area contributed by atoms with Gasteiger partial charge in [-0.3, -0.25) is 4.90 Å². The summed E-state index contributed by atoms with van der Waals surface area (Å²) in [6, 6.07) is 8.51. The Balaban J connectivity index is 1.61. The normalized spacial score (nSPS) is 15.6. The van der Waals surface area contributed by atoms with Crippen molar-refractivity contribution in [3.8, 4) is 5.75 Å². The van der Waals surface area contributed by atoms with Crippen LogP contribution in [0.5, 0.6) is 5.75 Å². The van der Waals surface area contributed by atoms with Gasteiger partial charge in [0.1, 0.15) is 12.4 Å². The summed E-state index contributed by atoms with van der Waals surface area (Å²) in [7, 11) is 4.23. The number of hydrogen-bond acceptors (Lipinski definition) is 4. The number of carboxylic acid groups (broad SMARTS) is 1. The molecule has 1 heterocycles. The molecule has 1 aliphatic heterocycles. The molecule has 1 saturated heterocycles. The Morgan fingerprint density at radius 1 is 1.36 bits per heavy atom. The summed E-state index contributed by atoms with van der Waals surface area (Å²) in [6.45, 7) is 4.31. The summed E-state index contributed by atoms with van der Waals surface area (Å²) in [4.78, 5) is 15.0. The van der Waals surface area contributed by atoms with Crippen LogP contribution in [0.3, 0.4) is 0 Å². The number of nitrogens with zero attached hydrogens (tertiary/aromatic N) is 2. The highest BCUT2D eigenvalue weighted by molar-refractivity contribution is 5.64. The van der Waals surface area contributed by atoms with Gasteiger partial charge in [-0.15, -0.1) is 0 Å². The quantitative estimate of drug-likeness (QED) is 0.753. The molecule has 1 aliphatic rings. The molecule has 1 aromatic carbocycles. The van der Waals surface area contributed by atoms with Crippen LogP contribution in [0.4, 0.5) is 4.79 Å². The largest absolute Gasteiger partial charge is 0.492 e. The SMILES string of the molecule is CN(C)C1CN(CCOc2ccc(CCNC(=O)O)cc2)C1. The van der Waals surface area contributed by atoms with E-state index >= 15 is 0 Å². The van der Waals surface area contributed by atoms with Crippen LogP contribution in [0.2, 0.25) is 0 Å². The lowest BCUT2D eigenvalue weighted by molar-refractivity contribution is 0.0525. The van der Waals surface area contributed by atoms with E-state index in [1.54, 1.807) is 0 Å². The number of benzene rings is 1. The lowest BCUT2D eigenvalue weighted by Crippen LogP contribution is -2.57. The van der Waals surface area contributed by atoms with Gasteiger partial charge in [0.2, 0.25) is 0 Å². The third-order valence-electron chi connectivity index (χ3n) is 3.96. The van der Waals surface area contributed by atoms with E-state index in [1.807, 2.05) is 24.3 Å². The third kappa shape index (κ3) is 5.20. The molecular weight excluding hydrogens is 282 g/mol. The predicted octanol–water partition coefficient (Wildman–Crippen LogP) is 1.12. The van der Waals surface area contributed by atoms with E-state index in [0.29, 0.717) is 25.6 Å². The maximum atomic E-state index is 10.4. The maximum Gasteiger partial charge on any atom is 0.404 e.